The van der Waals surface area contributed by atoms with E-state index in [0.717, 1.165) is 16.0 Å². The Balaban J connectivity index is 2.10. The number of barbiturate groups is 1. The molecule has 0 radical (unpaired) electrons. The molecule has 2 aromatic carbocycles. The van der Waals surface area contributed by atoms with Crippen molar-refractivity contribution in [2.24, 2.45) is 0 Å². The Morgan fingerprint density at radius 2 is 1.70 bits per heavy atom. The highest BCUT2D eigenvalue weighted by Gasteiger charge is 2.37. The van der Waals surface area contributed by atoms with Gasteiger partial charge in [-0.05, 0) is 55.3 Å². The fourth-order valence-electron chi connectivity index (χ4n) is 2.82. The predicted molar refractivity (Wildman–Crippen MR) is 106 cm³/mol. The van der Waals surface area contributed by atoms with Crippen LogP contribution in [0.5, 0.6) is 5.75 Å². The van der Waals surface area contributed by atoms with Gasteiger partial charge in [0.15, 0.2) is 0 Å². The Kier molecular flexibility index (Phi) is 5.08. The van der Waals surface area contributed by atoms with Crippen LogP contribution in [-0.4, -0.2) is 23.0 Å². The van der Waals surface area contributed by atoms with Crippen LogP contribution in [0, 0.1) is 13.8 Å². The number of aromatic hydroxyl groups is 1. The second-order valence-corrected chi connectivity index (χ2v) is 7.45. The van der Waals surface area contributed by atoms with Crippen molar-refractivity contribution in [2.45, 2.75) is 13.8 Å². The van der Waals surface area contributed by atoms with Crippen LogP contribution in [0.1, 0.15) is 16.7 Å². The number of anilines is 1. The minimum atomic E-state index is -0.846. The van der Waals surface area contributed by atoms with E-state index >= 15 is 0 Å². The van der Waals surface area contributed by atoms with E-state index in [1.54, 1.807) is 12.1 Å². The maximum Gasteiger partial charge on any atom is 0.335 e. The second kappa shape index (κ2) is 7.17. The number of benzene rings is 2. The lowest BCUT2D eigenvalue weighted by Crippen LogP contribution is -2.54. The number of hydrogen-bond acceptors (Lipinski definition) is 4. The number of nitrogens with zero attached hydrogens (tertiary/aromatic N) is 1. The van der Waals surface area contributed by atoms with Crippen molar-refractivity contribution in [1.82, 2.24) is 5.32 Å². The van der Waals surface area contributed by atoms with Crippen LogP contribution in [0.3, 0.4) is 0 Å². The first-order chi connectivity index (χ1) is 12.7. The molecule has 0 saturated carbocycles. The molecule has 1 fully saturated rings. The quantitative estimate of drug-likeness (QED) is 0.534. The Bertz CT molecular complexity index is 1010. The highest BCUT2D eigenvalue weighted by atomic mass is 79.9. The largest absolute Gasteiger partial charge is 0.506 e. The summed E-state index contributed by atoms with van der Waals surface area (Å²) in [5.41, 5.74) is 1.96. The van der Waals surface area contributed by atoms with Crippen molar-refractivity contribution in [3.8, 4) is 5.75 Å². The molecular formula is C19H14BrClN2O4. The first-order valence-electron chi connectivity index (χ1n) is 7.85. The number of phenolic OH excluding ortho intramolecular Hbond substituents is 1. The number of hydrogen-bond donors (Lipinski definition) is 2. The Labute approximate surface area is 168 Å². The number of carbonyl (C=O) groups excluding carboxylic acids is 3. The smallest absolute Gasteiger partial charge is 0.335 e. The molecule has 8 heteroatoms. The number of phenols is 1. The third kappa shape index (κ3) is 3.74. The normalized spacial score (nSPS) is 16.1. The van der Waals surface area contributed by atoms with Crippen LogP contribution in [0.2, 0.25) is 5.02 Å². The zero-order valence-corrected chi connectivity index (χ0v) is 16.7. The van der Waals surface area contributed by atoms with Crippen LogP contribution >= 0.6 is 27.5 Å². The molecule has 0 atom stereocenters. The molecule has 0 unspecified atom stereocenters. The van der Waals surface area contributed by atoms with Crippen LogP contribution < -0.4 is 10.2 Å². The van der Waals surface area contributed by atoms with E-state index in [0.29, 0.717) is 10.2 Å². The van der Waals surface area contributed by atoms with Crippen LogP contribution in [0.25, 0.3) is 6.08 Å². The second-order valence-electron chi connectivity index (χ2n) is 6.13. The van der Waals surface area contributed by atoms with Gasteiger partial charge in [-0.3, -0.25) is 14.9 Å². The van der Waals surface area contributed by atoms with Crippen LogP contribution in [0.4, 0.5) is 10.5 Å². The van der Waals surface area contributed by atoms with E-state index < -0.39 is 17.8 Å². The number of nitrogens with one attached hydrogen (secondary N) is 1. The first-order valence-corrected chi connectivity index (χ1v) is 9.02. The number of aryl methyl sites for hydroxylation is 2. The molecule has 0 aliphatic carbocycles. The molecule has 138 valence electrons. The average Bonchev–Trinajstić information content (AvgIpc) is 2.54. The average molecular weight is 450 g/mol. The summed E-state index contributed by atoms with van der Waals surface area (Å²) in [4.78, 5) is 38.3. The zero-order valence-electron chi connectivity index (χ0n) is 14.3. The van der Waals surface area contributed by atoms with E-state index in [1.807, 2.05) is 19.9 Å². The van der Waals surface area contributed by atoms with Crippen LogP contribution in [0.15, 0.2) is 40.4 Å². The summed E-state index contributed by atoms with van der Waals surface area (Å²) >= 11 is 9.17. The summed E-state index contributed by atoms with van der Waals surface area (Å²) in [7, 11) is 0. The number of halogens is 2. The minimum absolute atomic E-state index is 0.0575. The van der Waals surface area contributed by atoms with Gasteiger partial charge in [0.2, 0.25) is 0 Å². The van der Waals surface area contributed by atoms with Crippen molar-refractivity contribution < 1.29 is 19.5 Å². The van der Waals surface area contributed by atoms with E-state index in [4.69, 9.17) is 11.6 Å². The fourth-order valence-corrected chi connectivity index (χ4v) is 3.66. The molecular weight excluding hydrogens is 436 g/mol. The topological polar surface area (TPSA) is 86.7 Å². The highest BCUT2D eigenvalue weighted by Crippen LogP contribution is 2.33. The van der Waals surface area contributed by atoms with Gasteiger partial charge in [-0.15, -0.1) is 0 Å². The summed E-state index contributed by atoms with van der Waals surface area (Å²) in [6.45, 7) is 3.68. The molecule has 6 nitrogen and oxygen atoms in total. The molecule has 27 heavy (non-hydrogen) atoms. The maximum absolute atomic E-state index is 12.9. The molecule has 0 aromatic heterocycles. The summed E-state index contributed by atoms with van der Waals surface area (Å²) in [5.74, 6) is -1.91. The first kappa shape index (κ1) is 19.1. The lowest BCUT2D eigenvalue weighted by Gasteiger charge is -2.27. The molecule has 1 aliphatic heterocycles. The van der Waals surface area contributed by atoms with Crippen molar-refractivity contribution in [3.63, 3.8) is 0 Å². The summed E-state index contributed by atoms with van der Waals surface area (Å²) in [6, 6.07) is 7.40. The van der Waals surface area contributed by atoms with Crippen LogP contribution in [-0.2, 0) is 9.59 Å². The van der Waals surface area contributed by atoms with Gasteiger partial charge in [-0.2, -0.15) is 0 Å². The lowest BCUT2D eigenvalue weighted by molar-refractivity contribution is -0.122. The van der Waals surface area contributed by atoms with Gasteiger partial charge >= 0.3 is 6.03 Å². The third-order valence-electron chi connectivity index (χ3n) is 3.92. The van der Waals surface area contributed by atoms with E-state index in [1.165, 1.54) is 18.2 Å². The summed E-state index contributed by atoms with van der Waals surface area (Å²) < 4.78 is 0.558. The van der Waals surface area contributed by atoms with Gasteiger partial charge in [0.1, 0.15) is 11.3 Å². The minimum Gasteiger partial charge on any atom is -0.506 e. The van der Waals surface area contributed by atoms with E-state index in [2.05, 4.69) is 21.2 Å². The Hall–Kier alpha value is -2.64. The Morgan fingerprint density at radius 3 is 2.33 bits per heavy atom. The standard InChI is InChI=1S/C19H14BrClN2O4/c1-9-3-10(2)5-13(4-9)23-18(26)14(17(25)22-19(23)27)7-11-6-12(20)8-15(21)16(11)24/h3-8,24H,1-2H3,(H,22,25,27)/b14-7-. The van der Waals surface area contributed by atoms with Crippen molar-refractivity contribution in [2.75, 3.05) is 4.90 Å². The van der Waals surface area contributed by atoms with Gasteiger partial charge in [0, 0.05) is 10.0 Å². The predicted octanol–water partition coefficient (Wildman–Crippen LogP) is 4.09. The summed E-state index contributed by atoms with van der Waals surface area (Å²) in [6.07, 6.45) is 1.20. The molecule has 4 amide bonds. The van der Waals surface area contributed by atoms with Gasteiger partial charge in [0.05, 0.1) is 10.7 Å². The molecule has 2 aromatic rings. The fraction of sp³-hybridized carbons (Fsp3) is 0.105. The van der Waals surface area contributed by atoms with E-state index in [-0.39, 0.29) is 21.9 Å². The molecule has 0 spiro atoms. The van der Waals surface area contributed by atoms with Crippen molar-refractivity contribution in [1.29, 1.82) is 0 Å². The molecule has 3 rings (SSSR count). The molecule has 1 heterocycles. The lowest BCUT2D eigenvalue weighted by atomic mass is 10.0. The molecule has 1 saturated heterocycles. The zero-order chi connectivity index (χ0) is 19.9. The summed E-state index contributed by atoms with van der Waals surface area (Å²) in [5, 5.41) is 12.3. The number of imide groups is 2. The molecule has 0 bridgehead atoms. The monoisotopic (exact) mass is 448 g/mol. The van der Waals surface area contributed by atoms with Crippen molar-refractivity contribution >= 4 is 57.1 Å². The number of amides is 4. The third-order valence-corrected chi connectivity index (χ3v) is 4.67. The number of rotatable bonds is 2. The Morgan fingerprint density at radius 1 is 1.07 bits per heavy atom. The highest BCUT2D eigenvalue weighted by molar-refractivity contribution is 9.10. The molecule has 2 N–H and O–H groups in total. The number of urea groups is 1. The van der Waals surface area contributed by atoms with Crippen molar-refractivity contribution in [3.05, 3.63) is 62.1 Å². The maximum atomic E-state index is 12.9. The molecule has 1 aliphatic rings. The SMILES string of the molecule is Cc1cc(C)cc(N2C(=O)NC(=O)/C(=C/c3cc(Br)cc(Cl)c3O)C2=O)c1. The van der Waals surface area contributed by atoms with Gasteiger partial charge < -0.3 is 5.11 Å². The van der Waals surface area contributed by atoms with Gasteiger partial charge in [-0.1, -0.05) is 33.6 Å². The van der Waals surface area contributed by atoms with E-state index in [9.17, 15) is 19.5 Å². The van der Waals surface area contributed by atoms with Gasteiger partial charge in [-0.25, -0.2) is 9.69 Å². The van der Waals surface area contributed by atoms with Gasteiger partial charge in [0.25, 0.3) is 11.8 Å². The number of carbonyl (C=O) groups is 3.